The molecule has 0 radical (unpaired) electrons. The highest BCUT2D eigenvalue weighted by Gasteiger charge is 2.43. The van der Waals surface area contributed by atoms with Crippen molar-refractivity contribution in [1.82, 2.24) is 0 Å². The minimum Gasteiger partial charge on any atom is -0.222 e. The summed E-state index contributed by atoms with van der Waals surface area (Å²) < 4.78 is 0. The molecule has 0 aromatic heterocycles. The Morgan fingerprint density at radius 2 is 1.37 bits per heavy atom. The molecule has 2 N–H and O–H groups in total. The van der Waals surface area contributed by atoms with Gasteiger partial charge >= 0.3 is 0 Å². The molecule has 0 aromatic carbocycles. The summed E-state index contributed by atoms with van der Waals surface area (Å²) in [6.45, 7) is 8.31. The SMILES string of the molecule is C=CCC1CCCCCCCC1(CC=C)C1CCCCCCCS1.N=C=O.N=C=O. The van der Waals surface area contributed by atoms with Gasteiger partial charge in [0.15, 0.2) is 0 Å². The van der Waals surface area contributed by atoms with Crippen LogP contribution in [-0.4, -0.2) is 23.2 Å². The molecule has 170 valence electrons. The highest BCUT2D eigenvalue weighted by atomic mass is 32.2. The van der Waals surface area contributed by atoms with Gasteiger partial charge in [0.05, 0.1) is 0 Å². The summed E-state index contributed by atoms with van der Waals surface area (Å²) in [4.78, 5) is 16.7. The van der Waals surface area contributed by atoms with Crippen LogP contribution in [-0.2, 0) is 9.59 Å². The quantitative estimate of drug-likeness (QED) is 0.264. The van der Waals surface area contributed by atoms with Crippen molar-refractivity contribution in [3.63, 3.8) is 0 Å². The highest BCUT2D eigenvalue weighted by Crippen LogP contribution is 2.52. The van der Waals surface area contributed by atoms with E-state index in [1.54, 1.807) is 0 Å². The van der Waals surface area contributed by atoms with Gasteiger partial charge in [-0.1, -0.05) is 69.9 Å². The third-order valence-electron chi connectivity index (χ3n) is 6.55. The van der Waals surface area contributed by atoms with Gasteiger partial charge in [-0.2, -0.15) is 11.8 Å². The summed E-state index contributed by atoms with van der Waals surface area (Å²) in [6.07, 6.45) is 27.1. The first-order valence-corrected chi connectivity index (χ1v) is 12.6. The molecular formula is C25H42N2O2S. The van der Waals surface area contributed by atoms with E-state index in [9.17, 15) is 0 Å². The van der Waals surface area contributed by atoms with Crippen LogP contribution < -0.4 is 0 Å². The predicted molar refractivity (Wildman–Crippen MR) is 129 cm³/mol. The smallest absolute Gasteiger partial charge is 0.222 e. The van der Waals surface area contributed by atoms with E-state index in [4.69, 9.17) is 20.4 Å². The molecule has 5 heteroatoms. The molecule has 3 atom stereocenters. The fourth-order valence-electron chi connectivity index (χ4n) is 5.24. The number of hydrogen-bond donors (Lipinski definition) is 2. The fraction of sp³-hybridized carbons (Fsp3) is 0.760. The summed E-state index contributed by atoms with van der Waals surface area (Å²) in [5.74, 6) is 2.20. The molecule has 1 heterocycles. The number of allylic oxidation sites excluding steroid dienone is 2. The second kappa shape index (κ2) is 19.5. The van der Waals surface area contributed by atoms with Crippen LogP contribution >= 0.6 is 11.8 Å². The van der Waals surface area contributed by atoms with Gasteiger partial charge in [0.1, 0.15) is 0 Å². The van der Waals surface area contributed by atoms with Crippen LogP contribution in [0.15, 0.2) is 25.3 Å². The normalized spacial score (nSPS) is 27.6. The van der Waals surface area contributed by atoms with E-state index in [0.29, 0.717) is 5.41 Å². The maximum absolute atomic E-state index is 8.35. The van der Waals surface area contributed by atoms with E-state index in [-0.39, 0.29) is 0 Å². The molecule has 0 amide bonds. The molecule has 2 fully saturated rings. The van der Waals surface area contributed by atoms with E-state index in [1.807, 2.05) is 0 Å². The topological polar surface area (TPSA) is 81.8 Å². The van der Waals surface area contributed by atoms with E-state index < -0.39 is 0 Å². The Balaban J connectivity index is 0.00000125. The van der Waals surface area contributed by atoms with Gasteiger partial charge in [-0.3, -0.25) is 0 Å². The number of thioether (sulfide) groups is 1. The molecule has 3 unspecified atom stereocenters. The Hall–Kier alpha value is -1.41. The minimum absolute atomic E-state index is 0.481. The van der Waals surface area contributed by atoms with Crippen molar-refractivity contribution in [2.45, 2.75) is 102 Å². The monoisotopic (exact) mass is 434 g/mol. The van der Waals surface area contributed by atoms with E-state index in [1.165, 1.54) is 102 Å². The fourth-order valence-corrected chi connectivity index (χ4v) is 6.96. The Morgan fingerprint density at radius 1 is 0.833 bits per heavy atom. The minimum atomic E-state index is 0.481. The lowest BCUT2D eigenvalue weighted by molar-refractivity contribution is 0.124. The standard InChI is InChI=1S/C23H40S.2CHNO/c1-3-15-21-16-11-7-5-9-13-19-23(21,18-4-2)22-17-12-8-6-10-14-20-24-22;2*2-1-3/h3-4,21-22H,1-2,5-20H2;2*2H. The van der Waals surface area contributed by atoms with Crippen LogP contribution in [0.25, 0.3) is 0 Å². The average molecular weight is 435 g/mol. The first-order valence-electron chi connectivity index (χ1n) is 11.6. The summed E-state index contributed by atoms with van der Waals surface area (Å²) >= 11 is 2.33. The van der Waals surface area contributed by atoms with Crippen LogP contribution in [0.1, 0.15) is 96.3 Å². The third-order valence-corrected chi connectivity index (χ3v) is 8.19. The van der Waals surface area contributed by atoms with Crippen LogP contribution in [0.2, 0.25) is 0 Å². The van der Waals surface area contributed by atoms with Crippen molar-refractivity contribution in [3.8, 4) is 0 Å². The van der Waals surface area contributed by atoms with Crippen LogP contribution in [0, 0.1) is 22.2 Å². The zero-order chi connectivity index (χ0) is 22.5. The number of hydrogen-bond acceptors (Lipinski definition) is 5. The van der Waals surface area contributed by atoms with Gasteiger partial charge in [-0.05, 0) is 55.6 Å². The van der Waals surface area contributed by atoms with Crippen molar-refractivity contribution in [2.24, 2.45) is 11.3 Å². The van der Waals surface area contributed by atoms with Gasteiger partial charge in [-0.15, -0.1) is 13.2 Å². The van der Waals surface area contributed by atoms with Crippen LogP contribution in [0.5, 0.6) is 0 Å². The zero-order valence-corrected chi connectivity index (χ0v) is 19.6. The molecule has 0 bridgehead atoms. The van der Waals surface area contributed by atoms with Gasteiger partial charge < -0.3 is 0 Å². The first kappa shape index (κ1) is 28.6. The predicted octanol–water partition coefficient (Wildman–Crippen LogP) is 7.74. The largest absolute Gasteiger partial charge is 0.231 e. The first-order chi connectivity index (χ1) is 14.7. The van der Waals surface area contributed by atoms with Gasteiger partial charge in [0.2, 0.25) is 12.2 Å². The Labute approximate surface area is 188 Å². The Morgan fingerprint density at radius 3 is 1.97 bits per heavy atom. The molecular weight excluding hydrogens is 392 g/mol. The lowest BCUT2D eigenvalue weighted by Gasteiger charge is -2.46. The van der Waals surface area contributed by atoms with Gasteiger partial charge in [0.25, 0.3) is 0 Å². The molecule has 1 aliphatic carbocycles. The molecule has 30 heavy (non-hydrogen) atoms. The van der Waals surface area contributed by atoms with E-state index >= 15 is 0 Å². The summed E-state index contributed by atoms with van der Waals surface area (Å²) in [7, 11) is 0. The van der Waals surface area contributed by atoms with Crippen molar-refractivity contribution in [1.29, 1.82) is 10.8 Å². The molecule has 1 saturated carbocycles. The second-order valence-electron chi connectivity index (χ2n) is 8.37. The summed E-state index contributed by atoms with van der Waals surface area (Å²) in [6, 6.07) is 0. The van der Waals surface area contributed by atoms with Crippen molar-refractivity contribution in [2.75, 3.05) is 5.75 Å². The zero-order valence-electron chi connectivity index (χ0n) is 18.8. The van der Waals surface area contributed by atoms with Crippen molar-refractivity contribution < 1.29 is 9.59 Å². The molecule has 2 aliphatic rings. The number of nitrogens with one attached hydrogen (secondary N) is 2. The summed E-state index contributed by atoms with van der Waals surface area (Å²) in [5.41, 5.74) is 0.481. The average Bonchev–Trinajstić information content (AvgIpc) is 2.92. The Bertz CT molecular complexity index is 503. The van der Waals surface area contributed by atoms with Crippen LogP contribution in [0.4, 0.5) is 0 Å². The summed E-state index contributed by atoms with van der Waals surface area (Å²) in [5, 5.41) is 11.6. The second-order valence-corrected chi connectivity index (χ2v) is 9.68. The molecule has 2 rings (SSSR count). The van der Waals surface area contributed by atoms with Crippen LogP contribution in [0.3, 0.4) is 0 Å². The van der Waals surface area contributed by atoms with Crippen molar-refractivity contribution in [3.05, 3.63) is 25.3 Å². The molecule has 0 spiro atoms. The molecule has 1 saturated heterocycles. The maximum Gasteiger partial charge on any atom is 0.231 e. The van der Waals surface area contributed by atoms with E-state index in [0.717, 1.165) is 23.3 Å². The number of rotatable bonds is 5. The lowest BCUT2D eigenvalue weighted by Crippen LogP contribution is -2.40. The third kappa shape index (κ3) is 11.1. The molecule has 4 nitrogen and oxygen atoms in total. The van der Waals surface area contributed by atoms with Gasteiger partial charge in [-0.25, -0.2) is 20.4 Å². The maximum atomic E-state index is 8.35. The molecule has 1 aliphatic heterocycles. The van der Waals surface area contributed by atoms with Crippen molar-refractivity contribution >= 4 is 23.9 Å². The van der Waals surface area contributed by atoms with E-state index in [2.05, 4.69) is 37.1 Å². The Kier molecular flexibility index (Phi) is 18.6. The number of isocyanates is 2. The number of carbonyl (C=O) groups excluding carboxylic acids is 2. The lowest BCUT2D eigenvalue weighted by atomic mass is 9.64. The molecule has 0 aromatic rings. The highest BCUT2D eigenvalue weighted by molar-refractivity contribution is 7.99. The van der Waals surface area contributed by atoms with Gasteiger partial charge in [0, 0.05) is 5.25 Å².